The van der Waals surface area contributed by atoms with Crippen molar-refractivity contribution in [2.24, 2.45) is 5.73 Å². The van der Waals surface area contributed by atoms with E-state index in [0.717, 1.165) is 6.42 Å². The maximum absolute atomic E-state index is 11.4. The molecular weight excluding hydrogens is 268 g/mol. The van der Waals surface area contributed by atoms with Gasteiger partial charge >= 0.3 is 0 Å². The summed E-state index contributed by atoms with van der Waals surface area (Å²) >= 11 is 0. The first-order chi connectivity index (χ1) is 8.61. The van der Waals surface area contributed by atoms with Crippen LogP contribution in [0.15, 0.2) is 24.3 Å². The molecule has 0 radical (unpaired) electrons. The van der Waals surface area contributed by atoms with Crippen molar-refractivity contribution in [3.8, 4) is 11.5 Å². The molecule has 1 rings (SSSR count). The maximum Gasteiger partial charge on any atom is 0.257 e. The van der Waals surface area contributed by atoms with Gasteiger partial charge in [0.05, 0.1) is 7.11 Å². The Labute approximate surface area is 119 Å². The Kier molecular flexibility index (Phi) is 8.74. The minimum absolute atomic E-state index is 0. The molecule has 6 heteroatoms. The van der Waals surface area contributed by atoms with Gasteiger partial charge in [-0.15, -0.1) is 12.4 Å². The topological polar surface area (TPSA) is 73.6 Å². The lowest BCUT2D eigenvalue weighted by Crippen LogP contribution is -2.32. The predicted octanol–water partition coefficient (Wildman–Crippen LogP) is 1.35. The molecule has 3 N–H and O–H groups in total. The fourth-order valence-electron chi connectivity index (χ4n) is 1.33. The third-order valence-corrected chi connectivity index (χ3v) is 2.33. The van der Waals surface area contributed by atoms with E-state index < -0.39 is 0 Å². The number of amides is 1. The Morgan fingerprint density at radius 3 is 2.74 bits per heavy atom. The summed E-state index contributed by atoms with van der Waals surface area (Å²) in [6.07, 6.45) is 0.755. The summed E-state index contributed by atoms with van der Waals surface area (Å²) in [4.78, 5) is 11.4. The molecule has 1 atom stereocenters. The molecule has 1 unspecified atom stereocenters. The van der Waals surface area contributed by atoms with Gasteiger partial charge in [0.2, 0.25) is 0 Å². The molecule has 0 heterocycles. The minimum Gasteiger partial charge on any atom is -0.497 e. The van der Waals surface area contributed by atoms with E-state index in [0.29, 0.717) is 18.0 Å². The Morgan fingerprint density at radius 2 is 2.11 bits per heavy atom. The lowest BCUT2D eigenvalue weighted by Gasteiger charge is -2.09. The van der Waals surface area contributed by atoms with Crippen LogP contribution in [0.1, 0.15) is 13.3 Å². The van der Waals surface area contributed by atoms with E-state index in [9.17, 15) is 4.79 Å². The zero-order valence-corrected chi connectivity index (χ0v) is 12.0. The largest absolute Gasteiger partial charge is 0.497 e. The molecule has 19 heavy (non-hydrogen) atoms. The molecule has 0 fully saturated rings. The van der Waals surface area contributed by atoms with Gasteiger partial charge in [-0.3, -0.25) is 4.79 Å². The van der Waals surface area contributed by atoms with Crippen LogP contribution in [-0.4, -0.2) is 32.2 Å². The molecule has 0 aliphatic carbocycles. The van der Waals surface area contributed by atoms with Gasteiger partial charge in [0, 0.05) is 18.7 Å². The van der Waals surface area contributed by atoms with Crippen LogP contribution in [0.5, 0.6) is 11.5 Å². The summed E-state index contributed by atoms with van der Waals surface area (Å²) in [5.74, 6) is 1.15. The lowest BCUT2D eigenvalue weighted by atomic mass is 10.2. The van der Waals surface area contributed by atoms with Gasteiger partial charge < -0.3 is 20.5 Å². The molecule has 0 aliphatic heterocycles. The minimum atomic E-state index is -0.154. The number of nitrogens with one attached hydrogen (secondary N) is 1. The molecule has 0 saturated heterocycles. The number of rotatable bonds is 7. The van der Waals surface area contributed by atoms with Gasteiger partial charge in [0.25, 0.3) is 5.91 Å². The molecule has 0 saturated carbocycles. The highest BCUT2D eigenvalue weighted by Gasteiger charge is 2.03. The van der Waals surface area contributed by atoms with Crippen LogP contribution >= 0.6 is 12.4 Å². The standard InChI is InChI=1S/C13H20N2O3.ClH/c1-10(14)6-7-15-13(16)9-18-12-5-3-4-11(8-12)17-2;/h3-5,8,10H,6-7,9,14H2,1-2H3,(H,15,16);1H. The monoisotopic (exact) mass is 288 g/mol. The third kappa shape index (κ3) is 7.54. The van der Waals surface area contributed by atoms with Crippen molar-refractivity contribution in [2.75, 3.05) is 20.3 Å². The number of carbonyl (C=O) groups is 1. The van der Waals surface area contributed by atoms with Gasteiger partial charge in [0.1, 0.15) is 11.5 Å². The number of hydrogen-bond acceptors (Lipinski definition) is 4. The first kappa shape index (κ1) is 17.5. The predicted molar refractivity (Wildman–Crippen MR) is 77.0 cm³/mol. The van der Waals surface area contributed by atoms with E-state index in [1.165, 1.54) is 0 Å². The molecular formula is C13H21ClN2O3. The molecule has 0 aromatic heterocycles. The van der Waals surface area contributed by atoms with E-state index >= 15 is 0 Å². The average molecular weight is 289 g/mol. The number of carbonyl (C=O) groups excluding carboxylic acids is 1. The van der Waals surface area contributed by atoms with Gasteiger partial charge in [-0.25, -0.2) is 0 Å². The number of ether oxygens (including phenoxy) is 2. The number of benzene rings is 1. The van der Waals surface area contributed by atoms with Crippen LogP contribution in [0.25, 0.3) is 0 Å². The Hall–Kier alpha value is -1.46. The van der Waals surface area contributed by atoms with Crippen LogP contribution in [0.3, 0.4) is 0 Å². The maximum atomic E-state index is 11.4. The summed E-state index contributed by atoms with van der Waals surface area (Å²) < 4.78 is 10.4. The molecule has 1 aromatic carbocycles. The smallest absolute Gasteiger partial charge is 0.257 e. The van der Waals surface area contributed by atoms with Gasteiger partial charge in [-0.05, 0) is 25.5 Å². The number of hydrogen-bond donors (Lipinski definition) is 2. The van der Waals surface area contributed by atoms with E-state index in [1.54, 1.807) is 19.2 Å². The van der Waals surface area contributed by atoms with Crippen molar-refractivity contribution >= 4 is 18.3 Å². The average Bonchev–Trinajstić information content (AvgIpc) is 2.36. The zero-order valence-electron chi connectivity index (χ0n) is 11.2. The summed E-state index contributed by atoms with van der Waals surface area (Å²) in [6.45, 7) is 2.46. The zero-order chi connectivity index (χ0) is 13.4. The molecule has 5 nitrogen and oxygen atoms in total. The fourth-order valence-corrected chi connectivity index (χ4v) is 1.33. The highest BCUT2D eigenvalue weighted by atomic mass is 35.5. The Bertz CT molecular complexity index is 386. The first-order valence-corrected chi connectivity index (χ1v) is 5.91. The second-order valence-corrected chi connectivity index (χ2v) is 4.08. The number of methoxy groups -OCH3 is 1. The van der Waals surface area contributed by atoms with Crippen molar-refractivity contribution in [3.05, 3.63) is 24.3 Å². The van der Waals surface area contributed by atoms with Crippen LogP contribution < -0.4 is 20.5 Å². The van der Waals surface area contributed by atoms with Gasteiger partial charge in [-0.2, -0.15) is 0 Å². The highest BCUT2D eigenvalue weighted by Crippen LogP contribution is 2.18. The molecule has 0 spiro atoms. The van der Waals surface area contributed by atoms with E-state index in [2.05, 4.69) is 5.32 Å². The molecule has 1 amide bonds. The summed E-state index contributed by atoms with van der Waals surface area (Å²) in [6, 6.07) is 7.22. The SMILES string of the molecule is COc1cccc(OCC(=O)NCCC(C)N)c1.Cl. The van der Waals surface area contributed by atoms with Gasteiger partial charge in [-0.1, -0.05) is 6.07 Å². The lowest BCUT2D eigenvalue weighted by molar-refractivity contribution is -0.123. The Morgan fingerprint density at radius 1 is 1.42 bits per heavy atom. The van der Waals surface area contributed by atoms with Crippen molar-refractivity contribution in [1.29, 1.82) is 0 Å². The van der Waals surface area contributed by atoms with Crippen molar-refractivity contribution in [1.82, 2.24) is 5.32 Å². The van der Waals surface area contributed by atoms with Crippen LogP contribution in [0.2, 0.25) is 0 Å². The Balaban J connectivity index is 0.00000324. The summed E-state index contributed by atoms with van der Waals surface area (Å²) in [7, 11) is 1.58. The van der Waals surface area contributed by atoms with Gasteiger partial charge in [0.15, 0.2) is 6.61 Å². The van der Waals surface area contributed by atoms with Crippen LogP contribution in [0.4, 0.5) is 0 Å². The quantitative estimate of drug-likeness (QED) is 0.794. The van der Waals surface area contributed by atoms with Crippen LogP contribution in [-0.2, 0) is 4.79 Å². The van der Waals surface area contributed by atoms with Crippen LogP contribution in [0, 0.1) is 0 Å². The second-order valence-electron chi connectivity index (χ2n) is 4.08. The first-order valence-electron chi connectivity index (χ1n) is 5.91. The second kappa shape index (κ2) is 9.47. The van der Waals surface area contributed by atoms with E-state index in [1.807, 2.05) is 19.1 Å². The third-order valence-electron chi connectivity index (χ3n) is 2.33. The number of nitrogens with two attached hydrogens (primary N) is 1. The fraction of sp³-hybridized carbons (Fsp3) is 0.462. The summed E-state index contributed by atoms with van der Waals surface area (Å²) in [5.41, 5.74) is 5.58. The highest BCUT2D eigenvalue weighted by molar-refractivity contribution is 5.85. The molecule has 108 valence electrons. The molecule has 0 bridgehead atoms. The van der Waals surface area contributed by atoms with Crippen molar-refractivity contribution in [3.63, 3.8) is 0 Å². The number of halogens is 1. The normalized spacial score (nSPS) is 11.1. The van der Waals surface area contributed by atoms with E-state index in [-0.39, 0.29) is 31.0 Å². The van der Waals surface area contributed by atoms with Crippen molar-refractivity contribution < 1.29 is 14.3 Å². The summed E-state index contributed by atoms with van der Waals surface area (Å²) in [5, 5.41) is 2.74. The van der Waals surface area contributed by atoms with Crippen molar-refractivity contribution in [2.45, 2.75) is 19.4 Å². The van der Waals surface area contributed by atoms with E-state index in [4.69, 9.17) is 15.2 Å². The molecule has 1 aromatic rings. The molecule has 0 aliphatic rings.